The van der Waals surface area contributed by atoms with Crippen LogP contribution in [0.3, 0.4) is 0 Å². The van der Waals surface area contributed by atoms with Gasteiger partial charge in [-0.05, 0) is 25.5 Å². The summed E-state index contributed by atoms with van der Waals surface area (Å²) in [4.78, 5) is 11.2. The summed E-state index contributed by atoms with van der Waals surface area (Å²) in [6.45, 7) is 4.71. The van der Waals surface area contributed by atoms with Crippen LogP contribution in [0.1, 0.15) is 29.3 Å². The molecule has 19 heavy (non-hydrogen) atoms. The number of hydrogen-bond acceptors (Lipinski definition) is 3. The highest BCUT2D eigenvalue weighted by molar-refractivity contribution is 5.91. The molecule has 0 radical (unpaired) electrons. The molecular weight excluding hydrogens is 244 g/mol. The average Bonchev–Trinajstić information content (AvgIpc) is 2.79. The minimum Gasteiger partial charge on any atom is -0.478 e. The third kappa shape index (κ3) is 3.13. The molecule has 1 N–H and O–H groups in total. The lowest BCUT2D eigenvalue weighted by Gasteiger charge is -2.07. The molecule has 0 bridgehead atoms. The number of aromatic nitrogens is 2. The molecule has 5 heteroatoms. The molecule has 0 aliphatic heterocycles. The molecule has 0 fully saturated rings. The lowest BCUT2D eigenvalue weighted by molar-refractivity contribution is 0.0694. The molecule has 0 saturated carbocycles. The number of aromatic carboxylic acids is 1. The van der Waals surface area contributed by atoms with Gasteiger partial charge in [-0.25, -0.2) is 4.79 Å². The largest absolute Gasteiger partial charge is 0.478 e. The molecule has 1 aromatic carbocycles. The van der Waals surface area contributed by atoms with Crippen molar-refractivity contribution in [1.82, 2.24) is 9.78 Å². The van der Waals surface area contributed by atoms with Gasteiger partial charge in [0.15, 0.2) is 5.75 Å². The molecule has 0 spiro atoms. The van der Waals surface area contributed by atoms with Gasteiger partial charge in [-0.2, -0.15) is 5.10 Å². The molecule has 0 unspecified atom stereocenters. The zero-order chi connectivity index (χ0) is 13.8. The monoisotopic (exact) mass is 260 g/mol. The highest BCUT2D eigenvalue weighted by Gasteiger charge is 2.13. The van der Waals surface area contributed by atoms with Gasteiger partial charge in [-0.1, -0.05) is 18.6 Å². The molecular formula is C14H16N2O3. The maximum Gasteiger partial charge on any atom is 0.339 e. The van der Waals surface area contributed by atoms with Crippen LogP contribution in [0, 0.1) is 6.92 Å². The second kappa shape index (κ2) is 5.56. The van der Waals surface area contributed by atoms with E-state index in [1.165, 1.54) is 0 Å². The zero-order valence-electron chi connectivity index (χ0n) is 11.0. The van der Waals surface area contributed by atoms with Gasteiger partial charge in [0.2, 0.25) is 0 Å². The first kappa shape index (κ1) is 13.1. The van der Waals surface area contributed by atoms with Crippen molar-refractivity contribution < 1.29 is 14.6 Å². The van der Waals surface area contributed by atoms with Crippen LogP contribution in [-0.2, 0) is 6.54 Å². The van der Waals surface area contributed by atoms with Gasteiger partial charge >= 0.3 is 5.97 Å². The first-order valence-corrected chi connectivity index (χ1v) is 6.14. The molecule has 1 heterocycles. The van der Waals surface area contributed by atoms with Crippen molar-refractivity contribution >= 4 is 5.97 Å². The molecule has 5 nitrogen and oxygen atoms in total. The summed E-state index contributed by atoms with van der Waals surface area (Å²) in [5.41, 5.74) is 1.04. The third-order valence-electron chi connectivity index (χ3n) is 2.66. The number of aryl methyl sites for hydroxylation is 2. The highest BCUT2D eigenvalue weighted by atomic mass is 16.5. The fraction of sp³-hybridized carbons (Fsp3) is 0.286. The van der Waals surface area contributed by atoms with E-state index in [-0.39, 0.29) is 5.56 Å². The van der Waals surface area contributed by atoms with Gasteiger partial charge in [0.25, 0.3) is 0 Å². The van der Waals surface area contributed by atoms with Crippen molar-refractivity contribution in [3.8, 4) is 11.5 Å². The maximum atomic E-state index is 11.2. The Bertz CT molecular complexity index is 590. The Morgan fingerprint density at radius 3 is 2.95 bits per heavy atom. The van der Waals surface area contributed by atoms with Crippen LogP contribution in [0.25, 0.3) is 0 Å². The van der Waals surface area contributed by atoms with Crippen LogP contribution in [0.2, 0.25) is 0 Å². The van der Waals surface area contributed by atoms with Crippen LogP contribution in [0.4, 0.5) is 0 Å². The number of carboxylic acid groups (broad SMARTS) is 1. The predicted molar refractivity (Wildman–Crippen MR) is 70.7 cm³/mol. The predicted octanol–water partition coefficient (Wildman–Crippen LogP) is 3.09. The van der Waals surface area contributed by atoms with E-state index in [2.05, 4.69) is 12.0 Å². The van der Waals surface area contributed by atoms with Crippen molar-refractivity contribution in [2.24, 2.45) is 0 Å². The molecule has 1 aromatic heterocycles. The van der Waals surface area contributed by atoms with Crippen LogP contribution in [-0.4, -0.2) is 20.9 Å². The first-order valence-electron chi connectivity index (χ1n) is 6.14. The van der Waals surface area contributed by atoms with Gasteiger partial charge in [0.05, 0.1) is 12.4 Å². The molecule has 0 aliphatic carbocycles. The Hall–Kier alpha value is -2.30. The van der Waals surface area contributed by atoms with E-state index in [0.717, 1.165) is 18.5 Å². The molecule has 0 amide bonds. The van der Waals surface area contributed by atoms with Crippen LogP contribution >= 0.6 is 0 Å². The minimum absolute atomic E-state index is 0.156. The number of benzene rings is 1. The maximum absolute atomic E-state index is 11.2. The van der Waals surface area contributed by atoms with E-state index in [0.29, 0.717) is 11.5 Å². The molecule has 0 atom stereocenters. The second-order valence-electron chi connectivity index (χ2n) is 4.35. The highest BCUT2D eigenvalue weighted by Crippen LogP contribution is 2.26. The van der Waals surface area contributed by atoms with E-state index in [9.17, 15) is 4.79 Å². The number of nitrogens with zero attached hydrogens (tertiary/aromatic N) is 2. The molecule has 2 aromatic rings. The summed E-state index contributed by atoms with van der Waals surface area (Å²) in [7, 11) is 0. The van der Waals surface area contributed by atoms with Crippen molar-refractivity contribution in [2.45, 2.75) is 26.8 Å². The Morgan fingerprint density at radius 2 is 2.26 bits per heavy atom. The number of hydrogen-bond donors (Lipinski definition) is 1. The van der Waals surface area contributed by atoms with E-state index in [1.54, 1.807) is 29.2 Å². The first-order chi connectivity index (χ1) is 9.10. The van der Waals surface area contributed by atoms with Crippen LogP contribution < -0.4 is 4.74 Å². The Kier molecular flexibility index (Phi) is 3.85. The average molecular weight is 260 g/mol. The number of carboxylic acids is 1. The van der Waals surface area contributed by atoms with E-state index in [1.807, 2.05) is 13.0 Å². The Balaban J connectivity index is 2.24. The molecule has 100 valence electrons. The van der Waals surface area contributed by atoms with Gasteiger partial charge in [-0.15, -0.1) is 0 Å². The second-order valence-corrected chi connectivity index (χ2v) is 4.35. The SMILES string of the molecule is CCCn1cc(Oc2ccc(C)cc2C(=O)O)cn1. The molecule has 0 saturated heterocycles. The van der Waals surface area contributed by atoms with Crippen molar-refractivity contribution in [3.05, 3.63) is 41.7 Å². The van der Waals surface area contributed by atoms with Gasteiger partial charge in [0.1, 0.15) is 11.3 Å². The smallest absolute Gasteiger partial charge is 0.339 e. The van der Waals surface area contributed by atoms with E-state index >= 15 is 0 Å². The topological polar surface area (TPSA) is 64.3 Å². The lowest BCUT2D eigenvalue weighted by Crippen LogP contribution is -2.00. The van der Waals surface area contributed by atoms with Crippen LogP contribution in [0.5, 0.6) is 11.5 Å². The lowest BCUT2D eigenvalue weighted by atomic mass is 10.1. The summed E-state index contributed by atoms with van der Waals surface area (Å²) in [5, 5.41) is 13.3. The zero-order valence-corrected chi connectivity index (χ0v) is 11.0. The standard InChI is InChI=1S/C14H16N2O3/c1-3-6-16-9-11(8-15-16)19-13-5-4-10(2)7-12(13)14(17)18/h4-5,7-9H,3,6H2,1-2H3,(H,17,18). The number of rotatable bonds is 5. The number of ether oxygens (including phenoxy) is 1. The molecule has 2 rings (SSSR count). The fourth-order valence-corrected chi connectivity index (χ4v) is 1.78. The number of carbonyl (C=O) groups is 1. The van der Waals surface area contributed by atoms with Gasteiger partial charge < -0.3 is 9.84 Å². The van der Waals surface area contributed by atoms with E-state index < -0.39 is 5.97 Å². The summed E-state index contributed by atoms with van der Waals surface area (Å²) in [5.74, 6) is -0.131. The van der Waals surface area contributed by atoms with Gasteiger partial charge in [-0.3, -0.25) is 4.68 Å². The van der Waals surface area contributed by atoms with Crippen molar-refractivity contribution in [3.63, 3.8) is 0 Å². The Labute approximate surface area is 111 Å². The van der Waals surface area contributed by atoms with Crippen LogP contribution in [0.15, 0.2) is 30.6 Å². The normalized spacial score (nSPS) is 10.4. The van der Waals surface area contributed by atoms with Gasteiger partial charge in [0, 0.05) is 6.54 Å². The molecule has 0 aliphatic rings. The third-order valence-corrected chi connectivity index (χ3v) is 2.66. The Morgan fingerprint density at radius 1 is 1.47 bits per heavy atom. The minimum atomic E-state index is -1.00. The van der Waals surface area contributed by atoms with Crippen molar-refractivity contribution in [2.75, 3.05) is 0 Å². The summed E-state index contributed by atoms with van der Waals surface area (Å²) >= 11 is 0. The quantitative estimate of drug-likeness (QED) is 0.897. The van der Waals surface area contributed by atoms with Crippen molar-refractivity contribution in [1.29, 1.82) is 0 Å². The summed E-state index contributed by atoms with van der Waals surface area (Å²) in [6, 6.07) is 5.07. The fourth-order valence-electron chi connectivity index (χ4n) is 1.78. The summed E-state index contributed by atoms with van der Waals surface area (Å²) in [6.07, 6.45) is 4.32. The summed E-state index contributed by atoms with van der Waals surface area (Å²) < 4.78 is 7.36. The van der Waals surface area contributed by atoms with E-state index in [4.69, 9.17) is 9.84 Å².